The maximum atomic E-state index is 6.11. The number of ether oxygens (including phenoxy) is 3. The van der Waals surface area contributed by atoms with Gasteiger partial charge in [0, 0.05) is 12.0 Å². The van der Waals surface area contributed by atoms with Crippen molar-refractivity contribution in [1.82, 2.24) is 0 Å². The van der Waals surface area contributed by atoms with Crippen LogP contribution in [0.5, 0.6) is 17.2 Å². The topological polar surface area (TPSA) is 53.7 Å². The summed E-state index contributed by atoms with van der Waals surface area (Å²) in [4.78, 5) is 0. The SMILES string of the molecule is CCOc1ccc(CC(CN)c2cc(C)ccc2OC)c(OCC)c1. The van der Waals surface area contributed by atoms with Crippen LogP contribution in [0.3, 0.4) is 0 Å². The first-order valence-corrected chi connectivity index (χ1v) is 8.86. The molecule has 0 saturated carbocycles. The Labute approximate surface area is 150 Å². The molecule has 0 spiro atoms. The van der Waals surface area contributed by atoms with Crippen LogP contribution >= 0.6 is 0 Å². The molecule has 0 saturated heterocycles. The molecule has 2 aromatic carbocycles. The predicted octanol–water partition coefficient (Wildman–Crippen LogP) is 4.09. The molecule has 0 aliphatic heterocycles. The first-order chi connectivity index (χ1) is 12.1. The summed E-state index contributed by atoms with van der Waals surface area (Å²) in [5.74, 6) is 2.72. The van der Waals surface area contributed by atoms with E-state index in [2.05, 4.69) is 25.1 Å². The van der Waals surface area contributed by atoms with Gasteiger partial charge in [0.05, 0.1) is 20.3 Å². The minimum absolute atomic E-state index is 0.159. The van der Waals surface area contributed by atoms with E-state index in [4.69, 9.17) is 19.9 Å². The Hall–Kier alpha value is -2.20. The maximum Gasteiger partial charge on any atom is 0.126 e. The van der Waals surface area contributed by atoms with E-state index in [0.717, 1.165) is 34.8 Å². The molecular weight excluding hydrogens is 314 g/mol. The lowest BCUT2D eigenvalue weighted by Gasteiger charge is -2.21. The molecule has 0 radical (unpaired) electrons. The van der Waals surface area contributed by atoms with Crippen molar-refractivity contribution >= 4 is 0 Å². The third kappa shape index (κ3) is 4.89. The Morgan fingerprint density at radius 2 is 1.72 bits per heavy atom. The monoisotopic (exact) mass is 343 g/mol. The zero-order valence-electron chi connectivity index (χ0n) is 15.7. The van der Waals surface area contributed by atoms with Gasteiger partial charge in [-0.15, -0.1) is 0 Å². The number of rotatable bonds is 9. The zero-order chi connectivity index (χ0) is 18.2. The number of methoxy groups -OCH3 is 1. The van der Waals surface area contributed by atoms with Crippen molar-refractivity contribution in [3.8, 4) is 17.2 Å². The molecule has 1 unspecified atom stereocenters. The molecule has 2 aromatic rings. The fraction of sp³-hybridized carbons (Fsp3) is 0.429. The molecule has 0 bridgehead atoms. The molecule has 2 N–H and O–H groups in total. The molecule has 136 valence electrons. The van der Waals surface area contributed by atoms with Crippen molar-refractivity contribution in [2.45, 2.75) is 33.1 Å². The quantitative estimate of drug-likeness (QED) is 0.745. The van der Waals surface area contributed by atoms with Crippen LogP contribution in [0.4, 0.5) is 0 Å². The van der Waals surface area contributed by atoms with Crippen molar-refractivity contribution in [1.29, 1.82) is 0 Å². The van der Waals surface area contributed by atoms with E-state index in [1.807, 2.05) is 32.0 Å². The van der Waals surface area contributed by atoms with Crippen molar-refractivity contribution in [3.63, 3.8) is 0 Å². The lowest BCUT2D eigenvalue weighted by Crippen LogP contribution is -2.16. The fourth-order valence-electron chi connectivity index (χ4n) is 3.01. The van der Waals surface area contributed by atoms with Crippen LogP contribution in [0.1, 0.15) is 36.5 Å². The molecule has 1 atom stereocenters. The highest BCUT2D eigenvalue weighted by molar-refractivity contribution is 5.44. The summed E-state index contributed by atoms with van der Waals surface area (Å²) in [5.41, 5.74) is 9.58. The van der Waals surface area contributed by atoms with Gasteiger partial charge in [0.25, 0.3) is 0 Å². The molecule has 0 amide bonds. The highest BCUT2D eigenvalue weighted by atomic mass is 16.5. The standard InChI is InChI=1S/C21H29NO3/c1-5-24-18-9-8-16(21(13-18)25-6-2)12-17(14-22)19-11-15(3)7-10-20(19)23-4/h7-11,13,17H,5-6,12,14,22H2,1-4H3. The van der Waals surface area contributed by atoms with Gasteiger partial charge in [-0.2, -0.15) is 0 Å². The largest absolute Gasteiger partial charge is 0.496 e. The van der Waals surface area contributed by atoms with E-state index in [-0.39, 0.29) is 5.92 Å². The van der Waals surface area contributed by atoms with Gasteiger partial charge < -0.3 is 19.9 Å². The average Bonchev–Trinajstić information content (AvgIpc) is 2.61. The molecule has 4 nitrogen and oxygen atoms in total. The summed E-state index contributed by atoms with van der Waals surface area (Å²) in [5, 5.41) is 0. The van der Waals surface area contributed by atoms with Gasteiger partial charge in [-0.05, 0) is 57.0 Å². The van der Waals surface area contributed by atoms with E-state index in [1.54, 1.807) is 7.11 Å². The van der Waals surface area contributed by atoms with Crippen molar-refractivity contribution in [2.75, 3.05) is 26.9 Å². The Morgan fingerprint density at radius 3 is 2.36 bits per heavy atom. The summed E-state index contributed by atoms with van der Waals surface area (Å²) in [6.07, 6.45) is 0.790. The second kappa shape index (κ2) is 9.33. The van der Waals surface area contributed by atoms with Crippen molar-refractivity contribution in [3.05, 3.63) is 53.1 Å². The van der Waals surface area contributed by atoms with E-state index in [9.17, 15) is 0 Å². The highest BCUT2D eigenvalue weighted by Gasteiger charge is 2.18. The third-order valence-electron chi connectivity index (χ3n) is 4.23. The van der Waals surface area contributed by atoms with Crippen LogP contribution in [-0.4, -0.2) is 26.9 Å². The van der Waals surface area contributed by atoms with Gasteiger partial charge in [-0.1, -0.05) is 23.8 Å². The summed E-state index contributed by atoms with van der Waals surface area (Å²) in [6.45, 7) is 7.84. The molecule has 0 heterocycles. The molecule has 4 heteroatoms. The first kappa shape index (κ1) is 19.1. The summed E-state index contributed by atoms with van der Waals surface area (Å²) < 4.78 is 17.0. The number of aryl methyl sites for hydroxylation is 1. The molecule has 2 rings (SSSR count). The number of hydrogen-bond acceptors (Lipinski definition) is 4. The van der Waals surface area contributed by atoms with E-state index in [1.165, 1.54) is 5.56 Å². The smallest absolute Gasteiger partial charge is 0.126 e. The minimum Gasteiger partial charge on any atom is -0.496 e. The predicted molar refractivity (Wildman–Crippen MR) is 102 cm³/mol. The van der Waals surface area contributed by atoms with Crippen LogP contribution in [-0.2, 0) is 6.42 Å². The van der Waals surface area contributed by atoms with Gasteiger partial charge in [-0.3, -0.25) is 0 Å². The van der Waals surface area contributed by atoms with E-state index < -0.39 is 0 Å². The molecule has 0 aliphatic rings. The Balaban J connectivity index is 2.34. The first-order valence-electron chi connectivity index (χ1n) is 8.86. The average molecular weight is 343 g/mol. The Morgan fingerprint density at radius 1 is 0.960 bits per heavy atom. The number of nitrogens with two attached hydrogens (primary N) is 1. The zero-order valence-corrected chi connectivity index (χ0v) is 15.7. The van der Waals surface area contributed by atoms with Gasteiger partial charge in [0.15, 0.2) is 0 Å². The highest BCUT2D eigenvalue weighted by Crippen LogP contribution is 2.33. The van der Waals surface area contributed by atoms with Gasteiger partial charge in [-0.25, -0.2) is 0 Å². The third-order valence-corrected chi connectivity index (χ3v) is 4.23. The number of benzene rings is 2. The lowest BCUT2D eigenvalue weighted by atomic mass is 9.90. The van der Waals surface area contributed by atoms with E-state index in [0.29, 0.717) is 19.8 Å². The molecule has 0 aliphatic carbocycles. The summed E-state index contributed by atoms with van der Waals surface area (Å²) in [6, 6.07) is 12.2. The maximum absolute atomic E-state index is 6.11. The minimum atomic E-state index is 0.159. The van der Waals surface area contributed by atoms with Gasteiger partial charge in [0.2, 0.25) is 0 Å². The fourth-order valence-corrected chi connectivity index (χ4v) is 3.01. The lowest BCUT2D eigenvalue weighted by molar-refractivity contribution is 0.320. The Bertz CT molecular complexity index is 685. The van der Waals surface area contributed by atoms with Gasteiger partial charge in [0.1, 0.15) is 17.2 Å². The summed E-state index contributed by atoms with van der Waals surface area (Å²) >= 11 is 0. The van der Waals surface area contributed by atoms with Crippen LogP contribution in [0, 0.1) is 6.92 Å². The van der Waals surface area contributed by atoms with Gasteiger partial charge >= 0.3 is 0 Å². The van der Waals surface area contributed by atoms with Crippen molar-refractivity contribution in [2.24, 2.45) is 5.73 Å². The number of hydrogen-bond donors (Lipinski definition) is 1. The molecular formula is C21H29NO3. The Kier molecular flexibility index (Phi) is 7.14. The van der Waals surface area contributed by atoms with Crippen LogP contribution < -0.4 is 19.9 Å². The molecule has 25 heavy (non-hydrogen) atoms. The van der Waals surface area contributed by atoms with Crippen LogP contribution in [0.25, 0.3) is 0 Å². The second-order valence-electron chi connectivity index (χ2n) is 6.02. The second-order valence-corrected chi connectivity index (χ2v) is 6.02. The summed E-state index contributed by atoms with van der Waals surface area (Å²) in [7, 11) is 1.70. The van der Waals surface area contributed by atoms with Crippen LogP contribution in [0.2, 0.25) is 0 Å². The molecule has 0 fully saturated rings. The normalized spacial score (nSPS) is 11.9. The molecule has 0 aromatic heterocycles. The van der Waals surface area contributed by atoms with E-state index >= 15 is 0 Å². The van der Waals surface area contributed by atoms with Crippen LogP contribution in [0.15, 0.2) is 36.4 Å². The van der Waals surface area contributed by atoms with Crippen molar-refractivity contribution < 1.29 is 14.2 Å².